The number of carbonyl (C=O) groups excluding carboxylic acids is 2. The highest BCUT2D eigenvalue weighted by Crippen LogP contribution is 2.30. The maximum Gasteiger partial charge on any atom is 0.325 e. The zero-order valence-electron chi connectivity index (χ0n) is 16.6. The Hall–Kier alpha value is -4.15. The van der Waals surface area contributed by atoms with E-state index in [0.29, 0.717) is 34.3 Å². The number of benzene rings is 2. The molecular weight excluding hydrogens is 392 g/mol. The summed E-state index contributed by atoms with van der Waals surface area (Å²) in [5, 5.41) is 16.7. The van der Waals surface area contributed by atoms with Crippen LogP contribution in [0.4, 0.5) is 10.5 Å². The molecule has 2 aromatic carbocycles. The molecule has 0 radical (unpaired) electrons. The van der Waals surface area contributed by atoms with E-state index in [9.17, 15) is 9.59 Å². The molecule has 0 spiro atoms. The Bertz CT molecular complexity index is 1030. The van der Waals surface area contributed by atoms with E-state index < -0.39 is 11.9 Å². The summed E-state index contributed by atoms with van der Waals surface area (Å²) < 4.78 is 15.5. The third-order valence-corrected chi connectivity index (χ3v) is 3.98. The van der Waals surface area contributed by atoms with E-state index in [1.54, 1.807) is 49.6 Å². The fourth-order valence-corrected chi connectivity index (χ4v) is 2.53. The van der Waals surface area contributed by atoms with Gasteiger partial charge in [-0.3, -0.25) is 10.1 Å². The van der Waals surface area contributed by atoms with Crippen molar-refractivity contribution in [1.29, 1.82) is 0 Å². The molecule has 0 aliphatic rings. The number of anilines is 1. The second kappa shape index (κ2) is 9.37. The van der Waals surface area contributed by atoms with Crippen molar-refractivity contribution >= 4 is 17.6 Å². The van der Waals surface area contributed by atoms with E-state index in [-0.39, 0.29) is 6.54 Å². The number of amides is 3. The lowest BCUT2D eigenvalue weighted by atomic mass is 10.2. The number of urea groups is 1. The summed E-state index contributed by atoms with van der Waals surface area (Å²) in [6, 6.07) is 11.2. The Labute approximate surface area is 171 Å². The van der Waals surface area contributed by atoms with Crippen molar-refractivity contribution in [1.82, 2.24) is 25.5 Å². The molecule has 2 N–H and O–H groups in total. The Kier molecular flexibility index (Phi) is 6.42. The summed E-state index contributed by atoms with van der Waals surface area (Å²) in [5.41, 5.74) is 1.15. The number of rotatable bonds is 7. The first-order chi connectivity index (χ1) is 14.5. The van der Waals surface area contributed by atoms with Gasteiger partial charge in [-0.1, -0.05) is 0 Å². The quantitative estimate of drug-likeness (QED) is 0.600. The number of hydrogen-bond donors (Lipinski definition) is 2. The molecular formula is C19H20N6O5. The molecule has 0 saturated carbocycles. The molecule has 156 valence electrons. The molecule has 11 heteroatoms. The first-order valence-corrected chi connectivity index (χ1v) is 8.77. The molecule has 0 bridgehead atoms. The summed E-state index contributed by atoms with van der Waals surface area (Å²) in [6.45, 7) is -0.281. The lowest BCUT2D eigenvalue weighted by Gasteiger charge is -2.07. The number of carbonyl (C=O) groups is 2. The monoisotopic (exact) mass is 412 g/mol. The van der Waals surface area contributed by atoms with Crippen LogP contribution in [0.15, 0.2) is 42.5 Å². The van der Waals surface area contributed by atoms with Gasteiger partial charge in [0.15, 0.2) is 11.5 Å². The molecule has 0 fully saturated rings. The van der Waals surface area contributed by atoms with Crippen molar-refractivity contribution in [2.45, 2.75) is 6.54 Å². The van der Waals surface area contributed by atoms with Gasteiger partial charge in [-0.05, 0) is 47.7 Å². The highest BCUT2D eigenvalue weighted by atomic mass is 16.5. The summed E-state index contributed by atoms with van der Waals surface area (Å²) in [4.78, 5) is 25.1. The van der Waals surface area contributed by atoms with Crippen LogP contribution in [0.1, 0.15) is 0 Å². The third-order valence-electron chi connectivity index (χ3n) is 3.98. The van der Waals surface area contributed by atoms with Gasteiger partial charge in [-0.25, -0.2) is 4.79 Å². The molecule has 3 rings (SSSR count). The Morgan fingerprint density at radius 1 is 0.967 bits per heavy atom. The van der Waals surface area contributed by atoms with Gasteiger partial charge in [-0.15, -0.1) is 10.2 Å². The molecule has 0 unspecified atom stereocenters. The maximum absolute atomic E-state index is 12.1. The van der Waals surface area contributed by atoms with Crippen LogP contribution < -0.4 is 24.8 Å². The third kappa shape index (κ3) is 5.01. The number of tetrazole rings is 1. The minimum absolute atomic E-state index is 0.281. The van der Waals surface area contributed by atoms with Crippen LogP contribution in [0, 0.1) is 0 Å². The largest absolute Gasteiger partial charge is 0.497 e. The molecule has 1 aromatic heterocycles. The highest BCUT2D eigenvalue weighted by Gasteiger charge is 2.14. The molecule has 1 heterocycles. The smallest absolute Gasteiger partial charge is 0.325 e. The number of ether oxygens (including phenoxy) is 3. The number of nitrogens with zero attached hydrogens (tertiary/aromatic N) is 4. The Balaban J connectivity index is 1.58. The fraction of sp³-hybridized carbons (Fsp3) is 0.211. The summed E-state index contributed by atoms with van der Waals surface area (Å²) in [5.74, 6) is 1.43. The highest BCUT2D eigenvalue weighted by molar-refractivity contribution is 6.01. The predicted octanol–water partition coefficient (Wildman–Crippen LogP) is 1.71. The molecule has 0 saturated heterocycles. The molecule has 11 nitrogen and oxygen atoms in total. The second-order valence-corrected chi connectivity index (χ2v) is 5.94. The molecule has 0 aliphatic carbocycles. The zero-order chi connectivity index (χ0) is 21.5. The lowest BCUT2D eigenvalue weighted by molar-refractivity contribution is -0.120. The topological polar surface area (TPSA) is 129 Å². The van der Waals surface area contributed by atoms with Crippen LogP contribution in [0.3, 0.4) is 0 Å². The fourth-order valence-electron chi connectivity index (χ4n) is 2.53. The van der Waals surface area contributed by atoms with E-state index in [0.717, 1.165) is 4.80 Å². The van der Waals surface area contributed by atoms with Crippen molar-refractivity contribution in [3.05, 3.63) is 42.5 Å². The van der Waals surface area contributed by atoms with Crippen LogP contribution in [-0.2, 0) is 11.3 Å². The van der Waals surface area contributed by atoms with Crippen LogP contribution >= 0.6 is 0 Å². The maximum atomic E-state index is 12.1. The van der Waals surface area contributed by atoms with Crippen LogP contribution in [0.25, 0.3) is 11.4 Å². The van der Waals surface area contributed by atoms with Gasteiger partial charge in [-0.2, -0.15) is 4.80 Å². The lowest BCUT2D eigenvalue weighted by Crippen LogP contribution is -2.37. The van der Waals surface area contributed by atoms with Gasteiger partial charge in [0.25, 0.3) is 5.91 Å². The number of methoxy groups -OCH3 is 3. The number of aromatic nitrogens is 4. The van der Waals surface area contributed by atoms with Gasteiger partial charge in [0.1, 0.15) is 12.3 Å². The molecule has 0 aliphatic heterocycles. The molecule has 30 heavy (non-hydrogen) atoms. The van der Waals surface area contributed by atoms with E-state index in [1.807, 2.05) is 0 Å². The average molecular weight is 412 g/mol. The van der Waals surface area contributed by atoms with Crippen molar-refractivity contribution in [3.8, 4) is 28.6 Å². The van der Waals surface area contributed by atoms with E-state index in [2.05, 4.69) is 26.0 Å². The molecule has 3 amide bonds. The van der Waals surface area contributed by atoms with Crippen molar-refractivity contribution < 1.29 is 23.8 Å². The van der Waals surface area contributed by atoms with Gasteiger partial charge in [0.05, 0.1) is 21.3 Å². The van der Waals surface area contributed by atoms with Crippen molar-refractivity contribution in [3.63, 3.8) is 0 Å². The van der Waals surface area contributed by atoms with Gasteiger partial charge >= 0.3 is 6.03 Å². The molecule has 3 aromatic rings. The number of imide groups is 1. The predicted molar refractivity (Wildman–Crippen MR) is 107 cm³/mol. The van der Waals surface area contributed by atoms with Gasteiger partial charge < -0.3 is 19.5 Å². The SMILES string of the molecule is COc1ccc(NC(=O)NC(=O)Cn2nnc(-c3ccc(OC)c(OC)c3)n2)cc1. The Morgan fingerprint density at radius 3 is 2.37 bits per heavy atom. The minimum Gasteiger partial charge on any atom is -0.497 e. The second-order valence-electron chi connectivity index (χ2n) is 5.94. The summed E-state index contributed by atoms with van der Waals surface area (Å²) in [7, 11) is 4.60. The van der Waals surface area contributed by atoms with E-state index in [4.69, 9.17) is 14.2 Å². The molecule has 0 atom stereocenters. The van der Waals surface area contributed by atoms with Gasteiger partial charge in [0, 0.05) is 11.3 Å². The number of hydrogen-bond acceptors (Lipinski definition) is 8. The minimum atomic E-state index is -0.676. The van der Waals surface area contributed by atoms with E-state index in [1.165, 1.54) is 14.2 Å². The first kappa shape index (κ1) is 20.6. The zero-order valence-corrected chi connectivity index (χ0v) is 16.6. The van der Waals surface area contributed by atoms with Gasteiger partial charge in [0.2, 0.25) is 5.82 Å². The van der Waals surface area contributed by atoms with Crippen LogP contribution in [0.5, 0.6) is 17.2 Å². The average Bonchev–Trinajstić information content (AvgIpc) is 3.21. The number of nitrogens with one attached hydrogen (secondary N) is 2. The normalized spacial score (nSPS) is 10.2. The van der Waals surface area contributed by atoms with Crippen molar-refractivity contribution in [2.24, 2.45) is 0 Å². The standard InChI is InChI=1S/C19H20N6O5/c1-28-14-7-5-13(6-8-14)20-19(27)21-17(26)11-25-23-18(22-24-25)12-4-9-15(29-2)16(10-12)30-3/h4-10H,11H2,1-3H3,(H2,20,21,26,27). The van der Waals surface area contributed by atoms with E-state index >= 15 is 0 Å². The van der Waals surface area contributed by atoms with Crippen LogP contribution in [-0.4, -0.2) is 53.5 Å². The Morgan fingerprint density at radius 2 is 1.70 bits per heavy atom. The van der Waals surface area contributed by atoms with Crippen LogP contribution in [0.2, 0.25) is 0 Å². The first-order valence-electron chi connectivity index (χ1n) is 8.77. The summed E-state index contributed by atoms with van der Waals surface area (Å²) in [6.07, 6.45) is 0. The summed E-state index contributed by atoms with van der Waals surface area (Å²) >= 11 is 0. The van der Waals surface area contributed by atoms with Crippen molar-refractivity contribution in [2.75, 3.05) is 26.6 Å².